The van der Waals surface area contributed by atoms with Crippen LogP contribution in [0.2, 0.25) is 0 Å². The summed E-state index contributed by atoms with van der Waals surface area (Å²) < 4.78 is 5.27. The summed E-state index contributed by atoms with van der Waals surface area (Å²) in [6, 6.07) is 4.37. The smallest absolute Gasteiger partial charge is 0.334 e. The zero-order chi connectivity index (χ0) is 21.3. The van der Waals surface area contributed by atoms with Gasteiger partial charge in [-0.1, -0.05) is 23.9 Å². The minimum atomic E-state index is -0.960. The zero-order valence-electron chi connectivity index (χ0n) is 15.7. The highest BCUT2D eigenvalue weighted by Gasteiger charge is 2.24. The molecule has 0 saturated heterocycles. The number of ketones is 1. The van der Waals surface area contributed by atoms with E-state index < -0.39 is 29.1 Å². The fourth-order valence-electron chi connectivity index (χ4n) is 2.07. The van der Waals surface area contributed by atoms with Gasteiger partial charge in [-0.05, 0) is 19.1 Å². The Bertz CT molecular complexity index is 768. The third-order valence-corrected chi connectivity index (χ3v) is 4.76. The van der Waals surface area contributed by atoms with E-state index in [2.05, 4.69) is 23.3 Å². The van der Waals surface area contributed by atoms with Crippen LogP contribution in [0.25, 0.3) is 0 Å². The van der Waals surface area contributed by atoms with E-state index in [1.54, 1.807) is 12.1 Å². The number of nitrogens with one attached hydrogen (secondary N) is 2. The summed E-state index contributed by atoms with van der Waals surface area (Å²) in [4.78, 5) is 58.7. The standard InChI is InChI=1S/C18H22N2O6S2/c1-10(21)15(20-12(3)23)9-28-18(25)13-6-4-5-7-16(13)26-17(24)14(8-27)19-11(2)22/h4-7,14-15,27H,8-9H2,1-3H3,(H,19,22)(H,20,23). The molecule has 28 heavy (non-hydrogen) atoms. The fourth-order valence-corrected chi connectivity index (χ4v) is 3.27. The molecule has 2 atom stereocenters. The molecule has 1 rings (SSSR count). The molecule has 8 nitrogen and oxygen atoms in total. The average molecular weight is 427 g/mol. The maximum Gasteiger partial charge on any atom is 0.334 e. The molecule has 2 unspecified atom stereocenters. The van der Waals surface area contributed by atoms with Crippen molar-refractivity contribution >= 4 is 53.1 Å². The van der Waals surface area contributed by atoms with Crippen molar-refractivity contribution in [2.75, 3.05) is 11.5 Å². The summed E-state index contributed by atoms with van der Waals surface area (Å²) in [5.74, 6) is -1.72. The second kappa shape index (κ2) is 11.5. The van der Waals surface area contributed by atoms with Gasteiger partial charge < -0.3 is 15.4 Å². The van der Waals surface area contributed by atoms with Crippen LogP contribution in [0.1, 0.15) is 31.1 Å². The summed E-state index contributed by atoms with van der Waals surface area (Å²) in [7, 11) is 0. The molecule has 1 aromatic carbocycles. The van der Waals surface area contributed by atoms with Crippen molar-refractivity contribution in [2.45, 2.75) is 32.9 Å². The van der Waals surface area contributed by atoms with Crippen LogP contribution in [0.15, 0.2) is 24.3 Å². The number of hydrogen-bond acceptors (Lipinski definition) is 8. The number of carbonyl (C=O) groups is 5. The first kappa shape index (κ1) is 23.7. The Hall–Kier alpha value is -2.33. The molecule has 0 aliphatic carbocycles. The van der Waals surface area contributed by atoms with E-state index in [4.69, 9.17) is 4.74 Å². The first-order chi connectivity index (χ1) is 13.1. The van der Waals surface area contributed by atoms with E-state index in [0.29, 0.717) is 0 Å². The minimum Gasteiger partial charge on any atom is -0.424 e. The molecule has 0 heterocycles. The molecule has 10 heteroatoms. The number of benzene rings is 1. The first-order valence-corrected chi connectivity index (χ1v) is 9.90. The van der Waals surface area contributed by atoms with Crippen LogP contribution in [-0.4, -0.2) is 52.3 Å². The van der Waals surface area contributed by atoms with Gasteiger partial charge in [-0.3, -0.25) is 19.2 Å². The highest BCUT2D eigenvalue weighted by molar-refractivity contribution is 8.14. The number of esters is 1. The molecule has 0 fully saturated rings. The summed E-state index contributed by atoms with van der Waals surface area (Å²) in [5.41, 5.74) is 0.131. The Morgan fingerprint density at radius 2 is 1.57 bits per heavy atom. The minimum absolute atomic E-state index is 0.0281. The Labute approximate surface area is 172 Å². The van der Waals surface area contributed by atoms with E-state index in [1.807, 2.05) is 0 Å². The molecule has 2 amide bonds. The van der Waals surface area contributed by atoms with Crippen molar-refractivity contribution in [3.05, 3.63) is 29.8 Å². The molecule has 0 aromatic heterocycles. The van der Waals surface area contributed by atoms with Gasteiger partial charge in [-0.2, -0.15) is 12.6 Å². The van der Waals surface area contributed by atoms with Crippen LogP contribution >= 0.6 is 24.4 Å². The molecule has 2 N–H and O–H groups in total. The van der Waals surface area contributed by atoms with Crippen molar-refractivity contribution < 1.29 is 28.7 Å². The van der Waals surface area contributed by atoms with Crippen LogP contribution in [0.3, 0.4) is 0 Å². The Morgan fingerprint density at radius 1 is 1.00 bits per heavy atom. The molecule has 152 valence electrons. The summed E-state index contributed by atoms with van der Waals surface area (Å²) in [5, 5.41) is 4.46. The molecule has 0 saturated carbocycles. The Morgan fingerprint density at radius 3 is 2.11 bits per heavy atom. The van der Waals surface area contributed by atoms with Gasteiger partial charge in [-0.15, -0.1) is 0 Å². The van der Waals surface area contributed by atoms with Crippen molar-refractivity contribution in [3.8, 4) is 5.75 Å². The molecule has 0 spiro atoms. The lowest BCUT2D eigenvalue weighted by Crippen LogP contribution is -2.43. The van der Waals surface area contributed by atoms with Crippen LogP contribution in [0.5, 0.6) is 5.75 Å². The molecule has 1 aromatic rings. The highest BCUT2D eigenvalue weighted by Crippen LogP contribution is 2.24. The summed E-state index contributed by atoms with van der Waals surface area (Å²) in [6.45, 7) is 3.86. The van der Waals surface area contributed by atoms with Crippen LogP contribution < -0.4 is 15.4 Å². The highest BCUT2D eigenvalue weighted by atomic mass is 32.2. The van der Waals surface area contributed by atoms with Crippen LogP contribution in [0.4, 0.5) is 0 Å². The topological polar surface area (TPSA) is 119 Å². The van der Waals surface area contributed by atoms with Gasteiger partial charge in [-0.25, -0.2) is 4.79 Å². The number of ether oxygens (including phenoxy) is 1. The van der Waals surface area contributed by atoms with Gasteiger partial charge in [0.25, 0.3) is 0 Å². The number of thioether (sulfide) groups is 1. The fraction of sp³-hybridized carbons (Fsp3) is 0.389. The number of para-hydroxylation sites is 1. The number of amides is 2. The lowest BCUT2D eigenvalue weighted by atomic mass is 10.2. The summed E-state index contributed by atoms with van der Waals surface area (Å²) >= 11 is 4.84. The molecule has 0 bridgehead atoms. The van der Waals surface area contributed by atoms with Crippen LogP contribution in [-0.2, 0) is 19.2 Å². The quantitative estimate of drug-likeness (QED) is 0.306. The number of Topliss-reactive ketones (excluding diaryl/α,β-unsaturated/α-hetero) is 1. The number of hydrogen-bond donors (Lipinski definition) is 3. The van der Waals surface area contributed by atoms with Gasteiger partial charge in [0.1, 0.15) is 11.8 Å². The first-order valence-electron chi connectivity index (χ1n) is 8.29. The molecule has 0 aliphatic heterocycles. The molecular weight excluding hydrogens is 404 g/mol. The predicted octanol–water partition coefficient (Wildman–Crippen LogP) is 0.994. The Balaban J connectivity index is 2.88. The maximum absolute atomic E-state index is 12.5. The lowest BCUT2D eigenvalue weighted by Gasteiger charge is -2.16. The average Bonchev–Trinajstić information content (AvgIpc) is 2.62. The predicted molar refractivity (Wildman–Crippen MR) is 109 cm³/mol. The van der Waals surface area contributed by atoms with Crippen molar-refractivity contribution in [1.29, 1.82) is 0 Å². The van der Waals surface area contributed by atoms with Gasteiger partial charge in [0.15, 0.2) is 5.78 Å². The van der Waals surface area contributed by atoms with E-state index in [0.717, 1.165) is 11.8 Å². The van der Waals surface area contributed by atoms with Gasteiger partial charge in [0, 0.05) is 25.4 Å². The number of thiol groups is 1. The van der Waals surface area contributed by atoms with E-state index >= 15 is 0 Å². The molecular formula is C18H22N2O6S2. The van der Waals surface area contributed by atoms with Gasteiger partial charge >= 0.3 is 5.97 Å². The monoisotopic (exact) mass is 426 g/mol. The van der Waals surface area contributed by atoms with E-state index in [9.17, 15) is 24.0 Å². The second-order valence-corrected chi connectivity index (χ2v) is 7.17. The third-order valence-electron chi connectivity index (χ3n) is 3.41. The van der Waals surface area contributed by atoms with Crippen molar-refractivity contribution in [3.63, 3.8) is 0 Å². The normalized spacial score (nSPS) is 12.4. The molecule has 0 radical (unpaired) electrons. The number of carbonyl (C=O) groups excluding carboxylic acids is 5. The SMILES string of the molecule is CC(=O)NC(CSC(=O)c1ccccc1OC(=O)C(CS)NC(C)=O)C(C)=O. The van der Waals surface area contributed by atoms with Crippen molar-refractivity contribution in [2.24, 2.45) is 0 Å². The maximum atomic E-state index is 12.5. The third kappa shape index (κ3) is 7.73. The summed E-state index contributed by atoms with van der Waals surface area (Å²) in [6.07, 6.45) is 0. The number of rotatable bonds is 9. The Kier molecular flexibility index (Phi) is 9.74. The van der Waals surface area contributed by atoms with E-state index in [1.165, 1.54) is 32.9 Å². The lowest BCUT2D eigenvalue weighted by molar-refractivity contribution is -0.138. The van der Waals surface area contributed by atoms with Gasteiger partial charge in [0.2, 0.25) is 16.9 Å². The van der Waals surface area contributed by atoms with Gasteiger partial charge in [0.05, 0.1) is 11.6 Å². The van der Waals surface area contributed by atoms with Crippen LogP contribution in [0, 0.1) is 0 Å². The van der Waals surface area contributed by atoms with E-state index in [-0.39, 0.29) is 34.5 Å². The van der Waals surface area contributed by atoms with Crippen molar-refractivity contribution in [1.82, 2.24) is 10.6 Å². The second-order valence-electron chi connectivity index (χ2n) is 5.82. The molecule has 0 aliphatic rings. The largest absolute Gasteiger partial charge is 0.424 e. The zero-order valence-corrected chi connectivity index (χ0v) is 17.4.